The van der Waals surface area contributed by atoms with Gasteiger partial charge in [0.1, 0.15) is 6.10 Å². The third-order valence-corrected chi connectivity index (χ3v) is 1.36. The molecule has 0 saturated carbocycles. The van der Waals surface area contributed by atoms with Crippen LogP contribution in [0.5, 0.6) is 0 Å². The van der Waals surface area contributed by atoms with Crippen molar-refractivity contribution in [1.29, 1.82) is 0 Å². The van der Waals surface area contributed by atoms with E-state index in [4.69, 9.17) is 25.5 Å². The molecule has 0 fully saturated rings. The lowest BCUT2D eigenvalue weighted by molar-refractivity contribution is 0.0450. The molecule has 0 aliphatic rings. The molecule has 0 aromatic heterocycles. The Balaban J connectivity index is 0. The molecule has 0 spiro atoms. The highest BCUT2D eigenvalue weighted by Gasteiger charge is 1.95. The lowest BCUT2D eigenvalue weighted by Crippen LogP contribution is -2.15. The van der Waals surface area contributed by atoms with Crippen molar-refractivity contribution in [1.82, 2.24) is 0 Å². The second-order valence-electron chi connectivity index (χ2n) is 2.59. The smallest absolute Gasteiger partial charge is 0.100 e. The van der Waals surface area contributed by atoms with Gasteiger partial charge in [0.2, 0.25) is 0 Å². The van der Waals surface area contributed by atoms with E-state index in [0.717, 1.165) is 6.42 Å². The molecule has 0 bridgehead atoms. The molecule has 0 amide bonds. The van der Waals surface area contributed by atoms with Crippen LogP contribution >= 0.6 is 0 Å². The van der Waals surface area contributed by atoms with Gasteiger partial charge in [0.05, 0.1) is 19.3 Å². The normalized spacial score (nSPS) is 12.2. The lowest BCUT2D eigenvalue weighted by Gasteiger charge is -2.01. The minimum absolute atomic E-state index is 0.0923. The van der Waals surface area contributed by atoms with Gasteiger partial charge in [-0.15, -0.1) is 0 Å². The average Bonchev–Trinajstić information content (AvgIpc) is 2.18. The number of aliphatic hydroxyl groups is 5. The largest absolute Gasteiger partial charge is 0.396 e. The molecule has 13 heavy (non-hydrogen) atoms. The molecule has 1 unspecified atom stereocenters. The molecule has 0 saturated heterocycles. The first-order valence-corrected chi connectivity index (χ1v) is 4.31. The highest BCUT2D eigenvalue weighted by Crippen LogP contribution is 1.92. The molecule has 0 aromatic carbocycles. The zero-order valence-corrected chi connectivity index (χ0v) is 7.93. The average molecular weight is 196 g/mol. The van der Waals surface area contributed by atoms with Gasteiger partial charge in [0, 0.05) is 6.61 Å². The first-order chi connectivity index (χ1) is 6.12. The predicted octanol–water partition coefficient (Wildman–Crippen LogP) is -1.53. The van der Waals surface area contributed by atoms with Gasteiger partial charge in [-0.1, -0.05) is 6.92 Å². The zero-order valence-electron chi connectivity index (χ0n) is 7.93. The van der Waals surface area contributed by atoms with Gasteiger partial charge in [-0.25, -0.2) is 0 Å². The fourth-order valence-corrected chi connectivity index (χ4v) is 0.411. The van der Waals surface area contributed by atoms with Gasteiger partial charge in [-0.3, -0.25) is 0 Å². The summed E-state index contributed by atoms with van der Waals surface area (Å²) >= 11 is 0. The number of hydrogen-bond donors (Lipinski definition) is 5. The summed E-state index contributed by atoms with van der Waals surface area (Å²) in [6, 6.07) is 0. The van der Waals surface area contributed by atoms with Crippen LogP contribution in [0.3, 0.4) is 0 Å². The monoisotopic (exact) mass is 196 g/mol. The van der Waals surface area contributed by atoms with Gasteiger partial charge in [-0.05, 0) is 12.8 Å². The van der Waals surface area contributed by atoms with Crippen LogP contribution in [0.25, 0.3) is 0 Å². The molecular weight excluding hydrogens is 176 g/mol. The maximum atomic E-state index is 8.70. The van der Waals surface area contributed by atoms with E-state index in [1.165, 1.54) is 0 Å². The van der Waals surface area contributed by atoms with Crippen molar-refractivity contribution < 1.29 is 25.5 Å². The number of rotatable bonds is 5. The van der Waals surface area contributed by atoms with E-state index in [1.807, 2.05) is 6.92 Å². The zero-order chi connectivity index (χ0) is 10.7. The van der Waals surface area contributed by atoms with Crippen molar-refractivity contribution in [2.75, 3.05) is 19.8 Å². The summed E-state index contributed by atoms with van der Waals surface area (Å²) in [5.74, 6) is 0. The van der Waals surface area contributed by atoms with Crippen LogP contribution in [0.15, 0.2) is 0 Å². The molecule has 0 radical (unpaired) electrons. The van der Waals surface area contributed by atoms with E-state index in [1.54, 1.807) is 0 Å². The summed E-state index contributed by atoms with van der Waals surface area (Å²) < 4.78 is 0. The Hall–Kier alpha value is -0.200. The lowest BCUT2D eigenvalue weighted by atomic mass is 10.2. The first-order valence-electron chi connectivity index (χ1n) is 4.31. The molecule has 0 aliphatic carbocycles. The van der Waals surface area contributed by atoms with E-state index in [-0.39, 0.29) is 25.9 Å². The molecule has 0 heterocycles. The minimum Gasteiger partial charge on any atom is -0.396 e. The van der Waals surface area contributed by atoms with Crippen molar-refractivity contribution in [2.45, 2.75) is 32.0 Å². The Morgan fingerprint density at radius 1 is 0.923 bits per heavy atom. The third kappa shape index (κ3) is 14.6. The Morgan fingerprint density at radius 2 is 1.38 bits per heavy atom. The van der Waals surface area contributed by atoms with Crippen molar-refractivity contribution in [3.8, 4) is 0 Å². The summed E-state index contributed by atoms with van der Waals surface area (Å²) in [6.45, 7) is 1.25. The van der Waals surface area contributed by atoms with Crippen LogP contribution in [0.1, 0.15) is 19.8 Å². The van der Waals surface area contributed by atoms with Crippen LogP contribution in [0, 0.1) is 0 Å². The van der Waals surface area contributed by atoms with Crippen molar-refractivity contribution >= 4 is 0 Å². The Labute approximate surface area is 78.3 Å². The van der Waals surface area contributed by atoms with Crippen molar-refractivity contribution in [3.63, 3.8) is 0 Å². The quantitative estimate of drug-likeness (QED) is 0.367. The Bertz CT molecular complexity index is 84.6. The molecule has 0 aliphatic heterocycles. The molecule has 5 N–H and O–H groups in total. The maximum absolute atomic E-state index is 8.70. The van der Waals surface area contributed by atoms with E-state index >= 15 is 0 Å². The van der Waals surface area contributed by atoms with Gasteiger partial charge in [-0.2, -0.15) is 0 Å². The van der Waals surface area contributed by atoms with Crippen molar-refractivity contribution in [2.24, 2.45) is 0 Å². The Morgan fingerprint density at radius 3 is 1.46 bits per heavy atom. The van der Waals surface area contributed by atoms with Gasteiger partial charge >= 0.3 is 0 Å². The minimum atomic E-state index is -0.954. The molecule has 0 aromatic rings. The van der Waals surface area contributed by atoms with Gasteiger partial charge in [0.15, 0.2) is 0 Å². The van der Waals surface area contributed by atoms with Crippen LogP contribution in [0.4, 0.5) is 0 Å². The molecule has 5 heteroatoms. The van der Waals surface area contributed by atoms with Crippen LogP contribution < -0.4 is 0 Å². The van der Waals surface area contributed by atoms with E-state index in [0.29, 0.717) is 6.42 Å². The second-order valence-corrected chi connectivity index (χ2v) is 2.59. The number of aliphatic hydroxyl groups excluding tert-OH is 5. The molecular formula is C8H20O5. The molecule has 82 valence electrons. The molecule has 0 rings (SSSR count). The first kappa shape index (κ1) is 15.3. The highest BCUT2D eigenvalue weighted by molar-refractivity contribution is 4.48. The topological polar surface area (TPSA) is 101 Å². The standard InChI is InChI=1S/C5H12O2.C3H8O3/c1-2-5(7)3-4-6;4-1-3(6)2-5/h5-7H,2-4H2,1H3;3-6H,1-2H2. The maximum Gasteiger partial charge on any atom is 0.100 e. The summed E-state index contributed by atoms with van der Waals surface area (Å²) in [5, 5.41) is 40.9. The fourth-order valence-electron chi connectivity index (χ4n) is 0.411. The van der Waals surface area contributed by atoms with E-state index in [2.05, 4.69) is 0 Å². The molecule has 5 nitrogen and oxygen atoms in total. The van der Waals surface area contributed by atoms with Crippen LogP contribution in [-0.2, 0) is 0 Å². The van der Waals surface area contributed by atoms with Gasteiger partial charge < -0.3 is 25.5 Å². The van der Waals surface area contributed by atoms with Crippen LogP contribution in [0.2, 0.25) is 0 Å². The Kier molecular flexibility index (Phi) is 13.9. The van der Waals surface area contributed by atoms with Gasteiger partial charge in [0.25, 0.3) is 0 Å². The van der Waals surface area contributed by atoms with E-state index in [9.17, 15) is 0 Å². The fraction of sp³-hybridized carbons (Fsp3) is 1.00. The second kappa shape index (κ2) is 11.8. The summed E-state index contributed by atoms with van der Waals surface area (Å²) in [6.07, 6.45) is -0.00755. The third-order valence-electron chi connectivity index (χ3n) is 1.36. The summed E-state index contributed by atoms with van der Waals surface area (Å²) in [5.41, 5.74) is 0. The SMILES string of the molecule is CCC(O)CCO.OCC(O)CO. The van der Waals surface area contributed by atoms with E-state index < -0.39 is 6.10 Å². The highest BCUT2D eigenvalue weighted by atomic mass is 16.3. The summed E-state index contributed by atoms with van der Waals surface area (Å²) in [4.78, 5) is 0. The molecule has 1 atom stereocenters. The van der Waals surface area contributed by atoms with Crippen molar-refractivity contribution in [3.05, 3.63) is 0 Å². The van der Waals surface area contributed by atoms with Crippen LogP contribution in [-0.4, -0.2) is 57.6 Å². The number of hydrogen-bond acceptors (Lipinski definition) is 5. The predicted molar refractivity (Wildman–Crippen MR) is 48.2 cm³/mol. The summed E-state index contributed by atoms with van der Waals surface area (Å²) in [7, 11) is 0.